The minimum Gasteiger partial charge on any atom is -0.354 e. The maximum atomic E-state index is 12.6. The minimum absolute atomic E-state index is 0.204. The van der Waals surface area contributed by atoms with Gasteiger partial charge in [0, 0.05) is 30.4 Å². The Balaban J connectivity index is 1.54. The van der Waals surface area contributed by atoms with Crippen LogP contribution in [-0.4, -0.2) is 43.2 Å². The molecule has 2 aromatic heterocycles. The van der Waals surface area contributed by atoms with Gasteiger partial charge in [0.2, 0.25) is 5.91 Å². The van der Waals surface area contributed by atoms with Crippen LogP contribution in [0.1, 0.15) is 18.2 Å². The Morgan fingerprint density at radius 2 is 2.35 bits per heavy atom. The lowest BCUT2D eigenvalue weighted by molar-refractivity contribution is -0.132. The lowest BCUT2D eigenvalue weighted by Crippen LogP contribution is -2.47. The highest BCUT2D eigenvalue weighted by atomic mass is 32.2. The van der Waals surface area contributed by atoms with Gasteiger partial charge >= 0.3 is 0 Å². The Kier molecular flexibility index (Phi) is 6.23. The van der Waals surface area contributed by atoms with E-state index in [1.807, 2.05) is 34.4 Å². The van der Waals surface area contributed by atoms with Crippen LogP contribution >= 0.6 is 35.3 Å². The third-order valence-electron chi connectivity index (χ3n) is 3.86. The van der Waals surface area contributed by atoms with Crippen molar-refractivity contribution in [2.45, 2.75) is 25.9 Å². The number of thiophene rings is 1. The monoisotopic (exact) mass is 406 g/mol. The van der Waals surface area contributed by atoms with Crippen molar-refractivity contribution in [2.75, 3.05) is 6.54 Å². The fourth-order valence-electron chi connectivity index (χ4n) is 2.47. The number of thiocarbonyl (C=S) groups is 1. The van der Waals surface area contributed by atoms with Gasteiger partial charge in [-0.3, -0.25) is 14.5 Å². The van der Waals surface area contributed by atoms with E-state index in [9.17, 15) is 9.59 Å². The average Bonchev–Trinajstić information content (AvgIpc) is 3.35. The summed E-state index contributed by atoms with van der Waals surface area (Å²) in [7, 11) is 0. The van der Waals surface area contributed by atoms with Gasteiger partial charge in [-0.1, -0.05) is 30.0 Å². The standard InChI is InChI=1S/C17H18N4O2S3/c1-12(15(22)19-5-3-7-20-8-6-18-11-20)21-16(23)14(26-17(21)24)10-13-4-2-9-25-13/h2,4,6,8-12H,3,5,7H2,1H3,(H,19,22)/b14-10+. The van der Waals surface area contributed by atoms with E-state index in [-0.39, 0.29) is 11.8 Å². The average molecular weight is 407 g/mol. The number of nitrogens with zero attached hydrogens (tertiary/aromatic N) is 3. The first kappa shape index (κ1) is 18.8. The molecule has 0 aromatic carbocycles. The van der Waals surface area contributed by atoms with Crippen molar-refractivity contribution in [3.63, 3.8) is 0 Å². The number of aryl methyl sites for hydroxylation is 1. The molecule has 1 atom stereocenters. The summed E-state index contributed by atoms with van der Waals surface area (Å²) in [5.74, 6) is -0.418. The highest BCUT2D eigenvalue weighted by Gasteiger charge is 2.38. The Morgan fingerprint density at radius 3 is 3.04 bits per heavy atom. The van der Waals surface area contributed by atoms with E-state index >= 15 is 0 Å². The number of hydrogen-bond donors (Lipinski definition) is 1. The van der Waals surface area contributed by atoms with Crippen molar-refractivity contribution in [3.05, 3.63) is 46.0 Å². The zero-order chi connectivity index (χ0) is 18.5. The molecule has 0 bridgehead atoms. The molecule has 0 spiro atoms. The second-order valence-corrected chi connectivity index (χ2v) is 8.34. The molecule has 136 valence electrons. The van der Waals surface area contributed by atoms with Crippen LogP contribution in [0.25, 0.3) is 6.08 Å². The number of nitrogens with one attached hydrogen (secondary N) is 1. The van der Waals surface area contributed by atoms with Gasteiger partial charge in [0.05, 0.1) is 11.2 Å². The van der Waals surface area contributed by atoms with Crippen molar-refractivity contribution >= 4 is 57.5 Å². The molecule has 6 nitrogen and oxygen atoms in total. The van der Waals surface area contributed by atoms with Crippen molar-refractivity contribution in [3.8, 4) is 0 Å². The molecule has 1 aliphatic rings. The molecule has 1 fully saturated rings. The van der Waals surface area contributed by atoms with E-state index in [2.05, 4.69) is 10.3 Å². The summed E-state index contributed by atoms with van der Waals surface area (Å²) in [6, 6.07) is 3.23. The van der Waals surface area contributed by atoms with Crippen molar-refractivity contribution in [2.24, 2.45) is 0 Å². The molecule has 1 N–H and O–H groups in total. The second kappa shape index (κ2) is 8.61. The zero-order valence-electron chi connectivity index (χ0n) is 14.1. The van der Waals surface area contributed by atoms with Crippen LogP contribution < -0.4 is 5.32 Å². The first-order chi connectivity index (χ1) is 12.6. The predicted octanol–water partition coefficient (Wildman–Crippen LogP) is 2.74. The van der Waals surface area contributed by atoms with Crippen LogP contribution in [-0.2, 0) is 16.1 Å². The quantitative estimate of drug-likeness (QED) is 0.435. The number of aromatic nitrogens is 2. The SMILES string of the molecule is CC(C(=O)NCCCn1ccnc1)N1C(=O)/C(=C\c2cccs2)SC1=S. The number of thioether (sulfide) groups is 1. The van der Waals surface area contributed by atoms with Crippen LogP contribution in [0.4, 0.5) is 0 Å². The first-order valence-corrected chi connectivity index (χ1v) is 10.2. The molecule has 0 saturated carbocycles. The van der Waals surface area contributed by atoms with E-state index in [1.54, 1.807) is 30.8 Å². The van der Waals surface area contributed by atoms with Crippen LogP contribution in [0.15, 0.2) is 41.1 Å². The number of carbonyl (C=O) groups excluding carboxylic acids is 2. The zero-order valence-corrected chi connectivity index (χ0v) is 16.6. The molecule has 1 unspecified atom stereocenters. The molecule has 1 aliphatic heterocycles. The maximum absolute atomic E-state index is 12.6. The number of rotatable bonds is 7. The molecule has 3 rings (SSSR count). The maximum Gasteiger partial charge on any atom is 0.266 e. The summed E-state index contributed by atoms with van der Waals surface area (Å²) in [5, 5.41) is 4.82. The minimum atomic E-state index is -0.634. The number of carbonyl (C=O) groups is 2. The molecular formula is C17H18N4O2S3. The molecule has 2 aromatic rings. The predicted molar refractivity (Wildman–Crippen MR) is 109 cm³/mol. The third-order valence-corrected chi connectivity index (χ3v) is 6.01. The van der Waals surface area contributed by atoms with Gasteiger partial charge in [-0.05, 0) is 30.9 Å². The van der Waals surface area contributed by atoms with Gasteiger partial charge in [-0.25, -0.2) is 4.98 Å². The van der Waals surface area contributed by atoms with Crippen LogP contribution in [0, 0.1) is 0 Å². The number of hydrogen-bond acceptors (Lipinski definition) is 6. The Morgan fingerprint density at radius 1 is 1.50 bits per heavy atom. The summed E-state index contributed by atoms with van der Waals surface area (Å²) >= 11 is 8.11. The van der Waals surface area contributed by atoms with Gasteiger partial charge in [0.15, 0.2) is 0 Å². The highest BCUT2D eigenvalue weighted by Crippen LogP contribution is 2.34. The second-order valence-electron chi connectivity index (χ2n) is 5.69. The molecule has 0 radical (unpaired) electrons. The van der Waals surface area contributed by atoms with Crippen molar-refractivity contribution in [1.29, 1.82) is 0 Å². The van der Waals surface area contributed by atoms with E-state index in [0.29, 0.717) is 15.8 Å². The van der Waals surface area contributed by atoms with Gasteiger partial charge < -0.3 is 9.88 Å². The van der Waals surface area contributed by atoms with E-state index in [4.69, 9.17) is 12.2 Å². The molecule has 0 aliphatic carbocycles. The molecule has 26 heavy (non-hydrogen) atoms. The summed E-state index contributed by atoms with van der Waals surface area (Å²) < 4.78 is 2.37. The lowest BCUT2D eigenvalue weighted by Gasteiger charge is -2.22. The first-order valence-electron chi connectivity index (χ1n) is 8.10. The van der Waals surface area contributed by atoms with Crippen LogP contribution in [0.5, 0.6) is 0 Å². The van der Waals surface area contributed by atoms with E-state index in [1.165, 1.54) is 16.7 Å². The fraction of sp³-hybridized carbons (Fsp3) is 0.294. The van der Waals surface area contributed by atoms with Gasteiger partial charge in [-0.2, -0.15) is 0 Å². The lowest BCUT2D eigenvalue weighted by atomic mass is 10.2. The Hall–Kier alpha value is -1.97. The van der Waals surface area contributed by atoms with Crippen molar-refractivity contribution in [1.82, 2.24) is 19.8 Å². The molecule has 9 heteroatoms. The van der Waals surface area contributed by atoms with E-state index < -0.39 is 6.04 Å². The number of imidazole rings is 1. The van der Waals surface area contributed by atoms with Crippen LogP contribution in [0.2, 0.25) is 0 Å². The van der Waals surface area contributed by atoms with Gasteiger partial charge in [-0.15, -0.1) is 11.3 Å². The topological polar surface area (TPSA) is 67.2 Å². The number of amides is 2. The van der Waals surface area contributed by atoms with E-state index in [0.717, 1.165) is 17.8 Å². The summed E-state index contributed by atoms with van der Waals surface area (Å²) in [4.78, 5) is 31.9. The smallest absolute Gasteiger partial charge is 0.266 e. The summed E-state index contributed by atoms with van der Waals surface area (Å²) in [6.45, 7) is 3.00. The third kappa shape index (κ3) is 4.40. The summed E-state index contributed by atoms with van der Waals surface area (Å²) in [6.07, 6.45) is 7.94. The van der Waals surface area contributed by atoms with Crippen molar-refractivity contribution < 1.29 is 9.59 Å². The van der Waals surface area contributed by atoms with Gasteiger partial charge in [0.25, 0.3) is 5.91 Å². The Bertz CT molecular complexity index is 815. The molecule has 2 amide bonds. The van der Waals surface area contributed by atoms with Gasteiger partial charge in [0.1, 0.15) is 10.4 Å². The molecule has 1 saturated heterocycles. The largest absolute Gasteiger partial charge is 0.354 e. The molecular weight excluding hydrogens is 388 g/mol. The van der Waals surface area contributed by atoms with Crippen LogP contribution in [0.3, 0.4) is 0 Å². The molecule has 3 heterocycles. The highest BCUT2D eigenvalue weighted by molar-refractivity contribution is 8.26. The Labute approximate surface area is 165 Å². The summed E-state index contributed by atoms with van der Waals surface area (Å²) in [5.41, 5.74) is 0. The fourth-order valence-corrected chi connectivity index (χ4v) is 4.61. The normalized spacial score (nSPS) is 17.1.